The maximum absolute atomic E-state index is 13.8. The number of hydrogen-bond donors (Lipinski definition) is 2. The summed E-state index contributed by atoms with van der Waals surface area (Å²) in [7, 11) is 0. The van der Waals surface area contributed by atoms with E-state index in [9.17, 15) is 4.79 Å². The number of nitrogens with one attached hydrogen (secondary N) is 2. The molecule has 1 saturated carbocycles. The first-order chi connectivity index (χ1) is 18.6. The molecular formula is C29H36N8O. The molecule has 0 bridgehead atoms. The van der Waals surface area contributed by atoms with Crippen molar-refractivity contribution in [3.05, 3.63) is 58.6 Å². The Bertz CT molecular complexity index is 1450. The van der Waals surface area contributed by atoms with Gasteiger partial charge in [-0.3, -0.25) is 14.5 Å². The summed E-state index contributed by atoms with van der Waals surface area (Å²) >= 11 is 0. The Balaban J connectivity index is 1.33. The molecule has 4 heterocycles. The molecule has 198 valence electrons. The maximum Gasteiger partial charge on any atom is 0.261 e. The van der Waals surface area contributed by atoms with Crippen LogP contribution in [0, 0.1) is 6.92 Å². The molecule has 3 aromatic heterocycles. The molecule has 1 saturated heterocycles. The van der Waals surface area contributed by atoms with Crippen LogP contribution < -0.4 is 15.8 Å². The summed E-state index contributed by atoms with van der Waals surface area (Å²) in [4.78, 5) is 28.4. The third-order valence-electron chi connectivity index (χ3n) is 8.12. The van der Waals surface area contributed by atoms with Crippen LogP contribution in [0.2, 0.25) is 0 Å². The Morgan fingerprint density at radius 3 is 2.45 bits per heavy atom. The van der Waals surface area contributed by atoms with Crippen molar-refractivity contribution < 1.29 is 0 Å². The van der Waals surface area contributed by atoms with E-state index in [1.165, 1.54) is 12.1 Å². The lowest BCUT2D eigenvalue weighted by Crippen LogP contribution is -2.46. The fourth-order valence-electron chi connectivity index (χ4n) is 5.89. The second-order valence-corrected chi connectivity index (χ2v) is 10.5. The zero-order valence-corrected chi connectivity index (χ0v) is 22.3. The summed E-state index contributed by atoms with van der Waals surface area (Å²) in [5, 5.41) is 11.3. The molecule has 0 atom stereocenters. The van der Waals surface area contributed by atoms with Crippen molar-refractivity contribution in [3.63, 3.8) is 0 Å². The number of rotatable bonds is 6. The van der Waals surface area contributed by atoms with Crippen molar-refractivity contribution in [2.24, 2.45) is 0 Å². The van der Waals surface area contributed by atoms with E-state index in [2.05, 4.69) is 56.5 Å². The predicted octanol–water partition coefficient (Wildman–Crippen LogP) is 4.88. The topological polar surface area (TPSA) is 95.0 Å². The zero-order valence-electron chi connectivity index (χ0n) is 22.3. The van der Waals surface area contributed by atoms with Gasteiger partial charge in [0.25, 0.3) is 5.56 Å². The second kappa shape index (κ2) is 10.6. The summed E-state index contributed by atoms with van der Waals surface area (Å²) in [6, 6.07) is 12.4. The van der Waals surface area contributed by atoms with Crippen LogP contribution in [0.25, 0.3) is 22.3 Å². The molecule has 6 rings (SSSR count). The maximum atomic E-state index is 13.8. The average molecular weight is 513 g/mol. The molecule has 2 fully saturated rings. The van der Waals surface area contributed by atoms with E-state index in [0.29, 0.717) is 17.2 Å². The Labute approximate surface area is 222 Å². The van der Waals surface area contributed by atoms with Crippen LogP contribution in [0.15, 0.2) is 47.4 Å². The van der Waals surface area contributed by atoms with E-state index in [0.717, 1.165) is 80.9 Å². The predicted molar refractivity (Wildman–Crippen MR) is 152 cm³/mol. The van der Waals surface area contributed by atoms with Crippen LogP contribution in [0.4, 0.5) is 17.3 Å². The highest BCUT2D eigenvalue weighted by Crippen LogP contribution is 2.32. The highest BCUT2D eigenvalue weighted by molar-refractivity contribution is 5.84. The third kappa shape index (κ3) is 4.78. The Morgan fingerprint density at radius 2 is 1.76 bits per heavy atom. The highest BCUT2D eigenvalue weighted by Gasteiger charge is 2.23. The number of aryl methyl sites for hydroxylation is 1. The molecule has 9 nitrogen and oxygen atoms in total. The molecule has 0 amide bonds. The molecule has 2 N–H and O–H groups in total. The van der Waals surface area contributed by atoms with Gasteiger partial charge in [-0.1, -0.05) is 26.2 Å². The second-order valence-electron chi connectivity index (χ2n) is 10.5. The molecule has 1 aliphatic heterocycles. The van der Waals surface area contributed by atoms with Crippen molar-refractivity contribution in [3.8, 4) is 11.3 Å². The van der Waals surface area contributed by atoms with Crippen LogP contribution in [0.5, 0.6) is 0 Å². The van der Waals surface area contributed by atoms with Gasteiger partial charge in [0.1, 0.15) is 5.65 Å². The number of hydrogen-bond acceptors (Lipinski definition) is 7. The van der Waals surface area contributed by atoms with Crippen LogP contribution in [-0.4, -0.2) is 62.4 Å². The van der Waals surface area contributed by atoms with Crippen molar-refractivity contribution in [2.45, 2.75) is 52.0 Å². The van der Waals surface area contributed by atoms with E-state index in [-0.39, 0.29) is 11.6 Å². The number of H-pyrrole nitrogens is 1. The minimum absolute atomic E-state index is 0.0229. The number of pyridine rings is 1. The Kier molecular flexibility index (Phi) is 6.84. The van der Waals surface area contributed by atoms with Gasteiger partial charge < -0.3 is 15.1 Å². The number of piperazine rings is 1. The summed E-state index contributed by atoms with van der Waals surface area (Å²) in [5.41, 5.74) is 5.02. The standard InChI is InChI=1S/C29H36N8O/c1-3-35-15-17-36(18-16-35)22-11-9-21(10-12-22)32-29-31-20(2)24-19-25(26-13-14-30-34-26)28(38)37(27(24)33-29)23-7-5-4-6-8-23/h9-14,19,23H,3-8,15-18H2,1-2H3,(H,30,34)(H,31,32,33). The largest absolute Gasteiger partial charge is 0.369 e. The fourth-order valence-corrected chi connectivity index (χ4v) is 5.89. The van der Waals surface area contributed by atoms with Crippen LogP contribution in [-0.2, 0) is 0 Å². The van der Waals surface area contributed by atoms with Crippen LogP contribution >= 0.6 is 0 Å². The molecule has 0 radical (unpaired) electrons. The van der Waals surface area contributed by atoms with Crippen LogP contribution in [0.1, 0.15) is 50.8 Å². The molecule has 1 aromatic carbocycles. The first kappa shape index (κ1) is 24.6. The first-order valence-corrected chi connectivity index (χ1v) is 13.9. The van der Waals surface area contributed by atoms with Gasteiger partial charge in [-0.2, -0.15) is 10.1 Å². The Morgan fingerprint density at radius 1 is 1.00 bits per heavy atom. The molecule has 0 unspecified atom stereocenters. The van der Waals surface area contributed by atoms with Gasteiger partial charge in [0.2, 0.25) is 5.95 Å². The summed E-state index contributed by atoms with van der Waals surface area (Å²) < 4.78 is 1.92. The Hall–Kier alpha value is -3.72. The normalized spacial score (nSPS) is 17.3. The fraction of sp³-hybridized carbons (Fsp3) is 0.448. The lowest BCUT2D eigenvalue weighted by Gasteiger charge is -2.35. The number of likely N-dealkylation sites (N-methyl/N-ethyl adjacent to an activating group) is 1. The first-order valence-electron chi connectivity index (χ1n) is 13.9. The molecule has 38 heavy (non-hydrogen) atoms. The smallest absolute Gasteiger partial charge is 0.261 e. The monoisotopic (exact) mass is 512 g/mol. The van der Waals surface area contributed by atoms with Gasteiger partial charge in [-0.05, 0) is 62.7 Å². The molecule has 4 aromatic rings. The number of nitrogens with zero attached hydrogens (tertiary/aromatic N) is 6. The van der Waals surface area contributed by atoms with Gasteiger partial charge >= 0.3 is 0 Å². The van der Waals surface area contributed by atoms with E-state index in [4.69, 9.17) is 9.97 Å². The molecular weight excluding hydrogens is 476 g/mol. The van der Waals surface area contributed by atoms with E-state index >= 15 is 0 Å². The van der Waals surface area contributed by atoms with Gasteiger partial charge in [0.05, 0.1) is 17.0 Å². The minimum Gasteiger partial charge on any atom is -0.369 e. The SMILES string of the molecule is CCN1CCN(c2ccc(Nc3nc(C)c4cc(-c5ccn[nH]5)c(=O)n(C5CCCCC5)c4n3)cc2)CC1. The lowest BCUT2D eigenvalue weighted by molar-refractivity contribution is 0.271. The zero-order chi connectivity index (χ0) is 26.1. The molecule has 2 aliphatic rings. The molecule has 9 heteroatoms. The lowest BCUT2D eigenvalue weighted by atomic mass is 9.94. The summed E-state index contributed by atoms with van der Waals surface area (Å²) in [5.74, 6) is 0.512. The minimum atomic E-state index is -0.0229. The third-order valence-corrected chi connectivity index (χ3v) is 8.12. The molecule has 0 spiro atoms. The van der Waals surface area contributed by atoms with Crippen LogP contribution in [0.3, 0.4) is 0 Å². The van der Waals surface area contributed by atoms with E-state index in [1.807, 2.05) is 23.6 Å². The van der Waals surface area contributed by atoms with Crippen molar-refractivity contribution >= 4 is 28.4 Å². The number of benzene rings is 1. The van der Waals surface area contributed by atoms with Crippen molar-refractivity contribution in [1.29, 1.82) is 0 Å². The quantitative estimate of drug-likeness (QED) is 0.380. The highest BCUT2D eigenvalue weighted by atomic mass is 16.1. The van der Waals surface area contributed by atoms with Gasteiger partial charge in [-0.15, -0.1) is 0 Å². The van der Waals surface area contributed by atoms with Gasteiger partial charge in [-0.25, -0.2) is 4.98 Å². The summed E-state index contributed by atoms with van der Waals surface area (Å²) in [6.07, 6.45) is 7.12. The van der Waals surface area contributed by atoms with Crippen molar-refractivity contribution in [2.75, 3.05) is 42.9 Å². The average Bonchev–Trinajstić information content (AvgIpc) is 3.49. The van der Waals surface area contributed by atoms with Crippen molar-refractivity contribution in [1.82, 2.24) is 29.6 Å². The van der Waals surface area contributed by atoms with Gasteiger partial charge in [0, 0.05) is 55.2 Å². The van der Waals surface area contributed by atoms with Gasteiger partial charge in [0.15, 0.2) is 0 Å². The molecule has 1 aliphatic carbocycles. The summed E-state index contributed by atoms with van der Waals surface area (Å²) in [6.45, 7) is 9.62. The van der Waals surface area contributed by atoms with E-state index < -0.39 is 0 Å². The number of aromatic amines is 1. The number of anilines is 3. The number of fused-ring (bicyclic) bond motifs is 1. The van der Waals surface area contributed by atoms with E-state index in [1.54, 1.807) is 6.20 Å². The number of aromatic nitrogens is 5.